The van der Waals surface area contributed by atoms with Crippen LogP contribution in [0.25, 0.3) is 0 Å². The van der Waals surface area contributed by atoms with Crippen LogP contribution in [0.3, 0.4) is 0 Å². The van der Waals surface area contributed by atoms with E-state index in [1.54, 1.807) is 19.1 Å². The normalized spacial score (nSPS) is 12.3. The molecule has 0 unspecified atom stereocenters. The lowest BCUT2D eigenvalue weighted by Gasteiger charge is -2.30. The SMILES string of the molecule is CC[C@@H](C(=O)Nc1ccc(C(=O)O)cc1)N(c1ccc(Cl)cc1)S(C)(=O)=O. The molecule has 2 N–H and O–H groups in total. The van der Waals surface area contributed by atoms with Crippen molar-refractivity contribution in [2.24, 2.45) is 0 Å². The monoisotopic (exact) mass is 410 g/mol. The molecule has 0 heterocycles. The first-order valence-corrected chi connectivity index (χ1v) is 10.2. The molecule has 0 saturated carbocycles. The maximum atomic E-state index is 12.7. The number of nitrogens with one attached hydrogen (secondary N) is 1. The van der Waals surface area contributed by atoms with Crippen LogP contribution >= 0.6 is 11.6 Å². The molecular formula is C18H19ClN2O5S. The van der Waals surface area contributed by atoms with Crippen LogP contribution < -0.4 is 9.62 Å². The molecule has 0 saturated heterocycles. The first kappa shape index (κ1) is 20.7. The number of aromatic carboxylic acids is 1. The lowest BCUT2D eigenvalue weighted by atomic mass is 10.1. The van der Waals surface area contributed by atoms with Crippen LogP contribution in [0.5, 0.6) is 0 Å². The van der Waals surface area contributed by atoms with Gasteiger partial charge >= 0.3 is 5.97 Å². The van der Waals surface area contributed by atoms with Crippen molar-refractivity contribution in [3.63, 3.8) is 0 Å². The van der Waals surface area contributed by atoms with E-state index >= 15 is 0 Å². The third-order valence-electron chi connectivity index (χ3n) is 3.81. The van der Waals surface area contributed by atoms with E-state index in [9.17, 15) is 18.0 Å². The predicted octanol–water partition coefficient (Wildman–Crippen LogP) is 3.22. The molecule has 144 valence electrons. The van der Waals surface area contributed by atoms with Gasteiger partial charge in [0.2, 0.25) is 15.9 Å². The number of hydrogen-bond acceptors (Lipinski definition) is 4. The van der Waals surface area contributed by atoms with Crippen LogP contribution in [0, 0.1) is 0 Å². The molecule has 0 radical (unpaired) electrons. The number of sulfonamides is 1. The molecule has 0 aliphatic carbocycles. The number of carboxylic acids is 1. The molecule has 1 atom stereocenters. The van der Waals surface area contributed by atoms with Crippen LogP contribution in [-0.2, 0) is 14.8 Å². The summed E-state index contributed by atoms with van der Waals surface area (Å²) in [6, 6.07) is 10.8. The van der Waals surface area contributed by atoms with Crippen LogP contribution in [-0.4, -0.2) is 37.7 Å². The summed E-state index contributed by atoms with van der Waals surface area (Å²) in [4.78, 5) is 23.6. The number of benzene rings is 2. The van der Waals surface area contributed by atoms with Crippen molar-refractivity contribution in [1.82, 2.24) is 0 Å². The number of carbonyl (C=O) groups is 2. The molecule has 9 heteroatoms. The molecule has 27 heavy (non-hydrogen) atoms. The van der Waals surface area contributed by atoms with Gasteiger partial charge in [0.25, 0.3) is 0 Å². The van der Waals surface area contributed by atoms with E-state index in [1.165, 1.54) is 36.4 Å². The molecule has 0 aliphatic rings. The van der Waals surface area contributed by atoms with Crippen molar-refractivity contribution < 1.29 is 23.1 Å². The lowest BCUT2D eigenvalue weighted by molar-refractivity contribution is -0.117. The van der Waals surface area contributed by atoms with Gasteiger partial charge < -0.3 is 10.4 Å². The number of rotatable bonds is 7. The Morgan fingerprint density at radius 1 is 1.11 bits per heavy atom. The van der Waals surface area contributed by atoms with E-state index in [2.05, 4.69) is 5.32 Å². The summed E-state index contributed by atoms with van der Waals surface area (Å²) < 4.78 is 25.7. The van der Waals surface area contributed by atoms with Gasteiger partial charge in [0.05, 0.1) is 17.5 Å². The van der Waals surface area contributed by atoms with Crippen molar-refractivity contribution >= 4 is 44.9 Å². The summed E-state index contributed by atoms with van der Waals surface area (Å²) >= 11 is 5.86. The quantitative estimate of drug-likeness (QED) is 0.729. The molecule has 0 fully saturated rings. The Bertz CT molecular complexity index is 927. The summed E-state index contributed by atoms with van der Waals surface area (Å²) in [6.45, 7) is 1.70. The van der Waals surface area contributed by atoms with Crippen molar-refractivity contribution in [1.29, 1.82) is 0 Å². The van der Waals surface area contributed by atoms with Gasteiger partial charge in [-0.2, -0.15) is 0 Å². The van der Waals surface area contributed by atoms with E-state index in [0.717, 1.165) is 10.6 Å². The first-order valence-electron chi connectivity index (χ1n) is 8.02. The summed E-state index contributed by atoms with van der Waals surface area (Å²) in [6.07, 6.45) is 1.26. The van der Waals surface area contributed by atoms with E-state index in [0.29, 0.717) is 16.4 Å². The average Bonchev–Trinajstić information content (AvgIpc) is 2.60. The van der Waals surface area contributed by atoms with E-state index in [4.69, 9.17) is 16.7 Å². The largest absolute Gasteiger partial charge is 0.478 e. The van der Waals surface area contributed by atoms with Gasteiger partial charge in [-0.05, 0) is 55.0 Å². The van der Waals surface area contributed by atoms with E-state index < -0.39 is 27.9 Å². The Morgan fingerprint density at radius 2 is 1.67 bits per heavy atom. The van der Waals surface area contributed by atoms with Crippen LogP contribution in [0.1, 0.15) is 23.7 Å². The number of carbonyl (C=O) groups excluding carboxylic acids is 1. The second kappa shape index (κ2) is 8.41. The Hall–Kier alpha value is -2.58. The Labute approximate surface area is 162 Å². The average molecular weight is 411 g/mol. The molecule has 1 amide bonds. The number of halogens is 1. The Kier molecular flexibility index (Phi) is 6.45. The minimum Gasteiger partial charge on any atom is -0.478 e. The fourth-order valence-corrected chi connectivity index (χ4v) is 3.91. The second-order valence-corrected chi connectivity index (χ2v) is 8.13. The summed E-state index contributed by atoms with van der Waals surface area (Å²) in [5.74, 6) is -1.61. The van der Waals surface area contributed by atoms with Crippen LogP contribution in [0.4, 0.5) is 11.4 Å². The highest BCUT2D eigenvalue weighted by molar-refractivity contribution is 7.92. The molecule has 0 aliphatic heterocycles. The second-order valence-electron chi connectivity index (χ2n) is 5.83. The van der Waals surface area contributed by atoms with Crippen molar-refractivity contribution in [2.75, 3.05) is 15.9 Å². The highest BCUT2D eigenvalue weighted by Crippen LogP contribution is 2.25. The summed E-state index contributed by atoms with van der Waals surface area (Å²) in [5, 5.41) is 12.0. The molecule has 0 aromatic heterocycles. The van der Waals surface area contributed by atoms with Crippen molar-refractivity contribution in [2.45, 2.75) is 19.4 Å². The third kappa shape index (κ3) is 5.21. The van der Waals surface area contributed by atoms with Gasteiger partial charge in [0.15, 0.2) is 0 Å². The summed E-state index contributed by atoms with van der Waals surface area (Å²) in [5.41, 5.74) is 0.775. The van der Waals surface area contributed by atoms with E-state index in [1.807, 2.05) is 0 Å². The van der Waals surface area contributed by atoms with Gasteiger partial charge in [-0.1, -0.05) is 18.5 Å². The van der Waals surface area contributed by atoms with Gasteiger partial charge in [-0.15, -0.1) is 0 Å². The van der Waals surface area contributed by atoms with Crippen molar-refractivity contribution in [3.05, 3.63) is 59.1 Å². The number of hydrogen-bond donors (Lipinski definition) is 2. The minimum absolute atomic E-state index is 0.0824. The zero-order valence-corrected chi connectivity index (χ0v) is 16.3. The topological polar surface area (TPSA) is 104 Å². The number of nitrogens with zero attached hydrogens (tertiary/aromatic N) is 1. The molecule has 0 bridgehead atoms. The summed E-state index contributed by atoms with van der Waals surface area (Å²) in [7, 11) is -3.75. The fourth-order valence-electron chi connectivity index (χ4n) is 2.57. The molecule has 0 spiro atoms. The zero-order valence-electron chi connectivity index (χ0n) is 14.7. The number of amides is 1. The number of carboxylic acid groups (broad SMARTS) is 1. The standard InChI is InChI=1S/C18H19ClN2O5S/c1-3-16(17(22)20-14-8-4-12(5-9-14)18(23)24)21(27(2,25)26)15-10-6-13(19)7-11-15/h4-11,16H,3H2,1-2H3,(H,20,22)(H,23,24)/t16-/m0/s1. The third-order valence-corrected chi connectivity index (χ3v) is 5.24. The molecule has 2 rings (SSSR count). The maximum Gasteiger partial charge on any atom is 0.335 e. The molecular weight excluding hydrogens is 392 g/mol. The predicted molar refractivity (Wildman–Crippen MR) is 105 cm³/mol. The minimum atomic E-state index is -3.75. The zero-order chi connectivity index (χ0) is 20.2. The highest BCUT2D eigenvalue weighted by Gasteiger charge is 2.31. The molecule has 2 aromatic carbocycles. The Morgan fingerprint density at radius 3 is 2.11 bits per heavy atom. The Balaban J connectivity index is 2.31. The van der Waals surface area contributed by atoms with Crippen LogP contribution in [0.15, 0.2) is 48.5 Å². The van der Waals surface area contributed by atoms with Gasteiger partial charge in [-0.3, -0.25) is 9.10 Å². The molecule has 2 aromatic rings. The fraction of sp³-hybridized carbons (Fsp3) is 0.222. The number of anilines is 2. The van der Waals surface area contributed by atoms with E-state index in [-0.39, 0.29) is 12.0 Å². The van der Waals surface area contributed by atoms with Gasteiger partial charge in [-0.25, -0.2) is 13.2 Å². The van der Waals surface area contributed by atoms with Gasteiger partial charge in [0.1, 0.15) is 6.04 Å². The smallest absolute Gasteiger partial charge is 0.335 e. The first-order chi connectivity index (χ1) is 12.6. The highest BCUT2D eigenvalue weighted by atomic mass is 35.5. The van der Waals surface area contributed by atoms with Gasteiger partial charge in [0, 0.05) is 10.7 Å². The van der Waals surface area contributed by atoms with Crippen molar-refractivity contribution in [3.8, 4) is 0 Å². The molecule has 7 nitrogen and oxygen atoms in total. The maximum absolute atomic E-state index is 12.7. The van der Waals surface area contributed by atoms with Crippen LogP contribution in [0.2, 0.25) is 5.02 Å². The lowest BCUT2D eigenvalue weighted by Crippen LogP contribution is -2.47.